The summed E-state index contributed by atoms with van der Waals surface area (Å²) in [6.45, 7) is 4.88. The lowest BCUT2D eigenvalue weighted by Gasteiger charge is -2.05. The minimum absolute atomic E-state index is 0.141. The standard InChI is InChI=1S/C14H16BrFN2O2/c1-9(2)17-7-11-6-12(20-18-11)8-19-14-5-10(15)3-4-13(14)16/h3-6,9,17H,7-8H2,1-2H3. The molecule has 0 aliphatic carbocycles. The molecular formula is C14H16BrFN2O2. The quantitative estimate of drug-likeness (QED) is 0.870. The maximum atomic E-state index is 13.5. The van der Waals surface area contributed by atoms with Crippen LogP contribution in [0.2, 0.25) is 0 Å². The lowest BCUT2D eigenvalue weighted by molar-refractivity contribution is 0.239. The van der Waals surface area contributed by atoms with Crippen molar-refractivity contribution in [2.45, 2.75) is 33.0 Å². The summed E-state index contributed by atoms with van der Waals surface area (Å²) in [5, 5.41) is 7.16. The molecule has 0 atom stereocenters. The van der Waals surface area contributed by atoms with Crippen LogP contribution in [0.3, 0.4) is 0 Å². The average Bonchev–Trinajstić information content (AvgIpc) is 2.85. The maximum absolute atomic E-state index is 13.5. The van der Waals surface area contributed by atoms with Crippen LogP contribution in [-0.2, 0) is 13.2 Å². The summed E-state index contributed by atoms with van der Waals surface area (Å²) in [4.78, 5) is 0. The normalized spacial score (nSPS) is 11.1. The Bertz CT molecular complexity index is 572. The number of halogens is 2. The van der Waals surface area contributed by atoms with Gasteiger partial charge in [0.2, 0.25) is 0 Å². The van der Waals surface area contributed by atoms with Gasteiger partial charge in [-0.15, -0.1) is 0 Å². The van der Waals surface area contributed by atoms with Gasteiger partial charge < -0.3 is 14.6 Å². The van der Waals surface area contributed by atoms with Gasteiger partial charge in [-0.3, -0.25) is 0 Å². The van der Waals surface area contributed by atoms with Crippen LogP contribution in [0, 0.1) is 5.82 Å². The van der Waals surface area contributed by atoms with Gasteiger partial charge in [-0.1, -0.05) is 34.9 Å². The smallest absolute Gasteiger partial charge is 0.174 e. The molecule has 20 heavy (non-hydrogen) atoms. The Morgan fingerprint density at radius 3 is 2.95 bits per heavy atom. The Kier molecular flexibility index (Phi) is 5.14. The van der Waals surface area contributed by atoms with Gasteiger partial charge in [0.1, 0.15) is 6.61 Å². The number of hydrogen-bond acceptors (Lipinski definition) is 4. The number of nitrogens with one attached hydrogen (secondary N) is 1. The van der Waals surface area contributed by atoms with Crippen molar-refractivity contribution < 1.29 is 13.7 Å². The summed E-state index contributed by atoms with van der Waals surface area (Å²) >= 11 is 3.27. The molecule has 0 bridgehead atoms. The van der Waals surface area contributed by atoms with Crippen LogP contribution in [0.25, 0.3) is 0 Å². The lowest BCUT2D eigenvalue weighted by Crippen LogP contribution is -2.21. The Morgan fingerprint density at radius 1 is 1.40 bits per heavy atom. The van der Waals surface area contributed by atoms with Crippen molar-refractivity contribution in [2.75, 3.05) is 0 Å². The van der Waals surface area contributed by atoms with E-state index in [1.54, 1.807) is 18.2 Å². The zero-order valence-corrected chi connectivity index (χ0v) is 12.9. The number of benzene rings is 1. The molecule has 0 saturated heterocycles. The second kappa shape index (κ2) is 6.85. The zero-order chi connectivity index (χ0) is 14.5. The van der Waals surface area contributed by atoms with Crippen LogP contribution >= 0.6 is 15.9 Å². The highest BCUT2D eigenvalue weighted by Crippen LogP contribution is 2.23. The van der Waals surface area contributed by atoms with Gasteiger partial charge in [0, 0.05) is 23.1 Å². The molecule has 0 radical (unpaired) electrons. The highest BCUT2D eigenvalue weighted by molar-refractivity contribution is 9.10. The first-order valence-electron chi connectivity index (χ1n) is 6.30. The van der Waals surface area contributed by atoms with Gasteiger partial charge in [-0.05, 0) is 18.2 Å². The highest BCUT2D eigenvalue weighted by atomic mass is 79.9. The predicted octanol–water partition coefficient (Wildman–Crippen LogP) is 3.65. The summed E-state index contributed by atoms with van der Waals surface area (Å²) in [5.41, 5.74) is 0.798. The molecule has 4 nitrogen and oxygen atoms in total. The number of nitrogens with zero attached hydrogens (tertiary/aromatic N) is 1. The average molecular weight is 343 g/mol. The molecule has 0 unspecified atom stereocenters. The van der Waals surface area contributed by atoms with Gasteiger partial charge in [-0.25, -0.2) is 4.39 Å². The number of rotatable bonds is 6. The summed E-state index contributed by atoms with van der Waals surface area (Å²) < 4.78 is 24.8. The van der Waals surface area contributed by atoms with Gasteiger partial charge in [0.05, 0.1) is 5.69 Å². The van der Waals surface area contributed by atoms with E-state index < -0.39 is 5.82 Å². The fourth-order valence-electron chi connectivity index (χ4n) is 1.55. The third kappa shape index (κ3) is 4.31. The van der Waals surface area contributed by atoms with Crippen LogP contribution in [0.1, 0.15) is 25.3 Å². The van der Waals surface area contributed by atoms with Crippen LogP contribution in [0.15, 0.2) is 33.3 Å². The Labute approximate surface area is 125 Å². The van der Waals surface area contributed by atoms with Gasteiger partial charge >= 0.3 is 0 Å². The van der Waals surface area contributed by atoms with E-state index in [1.807, 2.05) is 0 Å². The predicted molar refractivity (Wildman–Crippen MR) is 76.9 cm³/mol. The second-order valence-electron chi connectivity index (χ2n) is 4.68. The van der Waals surface area contributed by atoms with Gasteiger partial charge in [-0.2, -0.15) is 0 Å². The second-order valence-corrected chi connectivity index (χ2v) is 5.60. The molecule has 1 N–H and O–H groups in total. The SMILES string of the molecule is CC(C)NCc1cc(COc2cc(Br)ccc2F)on1. The first kappa shape index (κ1) is 15.0. The fourth-order valence-corrected chi connectivity index (χ4v) is 1.89. The van der Waals surface area contributed by atoms with Crippen molar-refractivity contribution in [3.05, 3.63) is 46.0 Å². The van der Waals surface area contributed by atoms with Crippen LogP contribution in [0.4, 0.5) is 4.39 Å². The Morgan fingerprint density at radius 2 is 2.20 bits per heavy atom. The Balaban J connectivity index is 1.92. The number of ether oxygens (including phenoxy) is 1. The van der Waals surface area contributed by atoms with Crippen LogP contribution in [0.5, 0.6) is 5.75 Å². The van der Waals surface area contributed by atoms with E-state index in [0.29, 0.717) is 18.3 Å². The number of hydrogen-bond donors (Lipinski definition) is 1. The molecule has 6 heteroatoms. The molecule has 0 aliphatic rings. The topological polar surface area (TPSA) is 47.3 Å². The largest absolute Gasteiger partial charge is 0.482 e. The van der Waals surface area contributed by atoms with E-state index in [9.17, 15) is 4.39 Å². The summed E-state index contributed by atoms with van der Waals surface area (Å²) in [7, 11) is 0. The fraction of sp³-hybridized carbons (Fsp3) is 0.357. The zero-order valence-electron chi connectivity index (χ0n) is 11.3. The molecule has 1 aromatic carbocycles. The van der Waals surface area contributed by atoms with E-state index in [2.05, 4.69) is 40.3 Å². The monoisotopic (exact) mass is 342 g/mol. The van der Waals surface area contributed by atoms with Gasteiger partial charge in [0.15, 0.2) is 17.3 Å². The van der Waals surface area contributed by atoms with Crippen molar-refractivity contribution in [1.82, 2.24) is 10.5 Å². The first-order valence-corrected chi connectivity index (χ1v) is 7.09. The summed E-state index contributed by atoms with van der Waals surface area (Å²) in [6.07, 6.45) is 0. The molecule has 2 rings (SSSR count). The molecule has 0 amide bonds. The first-order chi connectivity index (χ1) is 9.54. The molecular weight excluding hydrogens is 327 g/mol. The summed E-state index contributed by atoms with van der Waals surface area (Å²) in [5.74, 6) is 0.331. The molecule has 0 spiro atoms. The molecule has 1 heterocycles. The van der Waals surface area contributed by atoms with Crippen molar-refractivity contribution >= 4 is 15.9 Å². The molecule has 0 aliphatic heterocycles. The molecule has 108 valence electrons. The number of aromatic nitrogens is 1. The van der Waals surface area contributed by atoms with E-state index in [4.69, 9.17) is 9.26 Å². The molecule has 0 saturated carbocycles. The van der Waals surface area contributed by atoms with Crippen molar-refractivity contribution in [2.24, 2.45) is 0 Å². The van der Waals surface area contributed by atoms with Crippen molar-refractivity contribution in [1.29, 1.82) is 0 Å². The van der Waals surface area contributed by atoms with Crippen LogP contribution < -0.4 is 10.1 Å². The van der Waals surface area contributed by atoms with Crippen molar-refractivity contribution in [3.63, 3.8) is 0 Å². The van der Waals surface area contributed by atoms with Crippen LogP contribution in [-0.4, -0.2) is 11.2 Å². The van der Waals surface area contributed by atoms with E-state index in [1.165, 1.54) is 6.07 Å². The lowest BCUT2D eigenvalue weighted by atomic mass is 10.3. The van der Waals surface area contributed by atoms with E-state index >= 15 is 0 Å². The third-order valence-electron chi connectivity index (χ3n) is 2.56. The highest BCUT2D eigenvalue weighted by Gasteiger charge is 2.08. The van der Waals surface area contributed by atoms with E-state index in [-0.39, 0.29) is 12.4 Å². The summed E-state index contributed by atoms with van der Waals surface area (Å²) in [6, 6.07) is 6.71. The van der Waals surface area contributed by atoms with Crippen molar-refractivity contribution in [3.8, 4) is 5.75 Å². The molecule has 2 aromatic rings. The van der Waals surface area contributed by atoms with E-state index in [0.717, 1.165) is 10.2 Å². The minimum Gasteiger partial charge on any atom is -0.482 e. The Hall–Kier alpha value is -1.40. The maximum Gasteiger partial charge on any atom is 0.174 e. The third-order valence-corrected chi connectivity index (χ3v) is 3.06. The molecule has 1 aromatic heterocycles. The molecule has 0 fully saturated rings. The van der Waals surface area contributed by atoms with Gasteiger partial charge in [0.25, 0.3) is 0 Å². The minimum atomic E-state index is -0.408.